The van der Waals surface area contributed by atoms with E-state index in [1.165, 1.54) is 6.07 Å². The van der Waals surface area contributed by atoms with Gasteiger partial charge >= 0.3 is 0 Å². The molecule has 0 amide bonds. The molecule has 0 spiro atoms. The molecule has 0 bridgehead atoms. The average molecular weight is 431 g/mol. The van der Waals surface area contributed by atoms with Crippen molar-refractivity contribution in [3.63, 3.8) is 0 Å². The molecule has 1 aliphatic heterocycles. The zero-order chi connectivity index (χ0) is 19.0. The Morgan fingerprint density at radius 1 is 1.26 bits per heavy atom. The second-order valence-corrected chi connectivity index (χ2v) is 7.90. The number of para-hydroxylation sites is 1. The number of fused-ring (bicyclic) bond motifs is 1. The highest BCUT2D eigenvalue weighted by molar-refractivity contribution is 9.10. The van der Waals surface area contributed by atoms with Gasteiger partial charge < -0.3 is 4.90 Å². The van der Waals surface area contributed by atoms with Gasteiger partial charge in [-0.3, -0.25) is 9.36 Å². The first-order valence-corrected chi connectivity index (χ1v) is 9.84. The predicted octanol–water partition coefficient (Wildman–Crippen LogP) is 3.92. The summed E-state index contributed by atoms with van der Waals surface area (Å²) >= 11 is 3.24. The van der Waals surface area contributed by atoms with Gasteiger partial charge in [-0.25, -0.2) is 14.4 Å². The van der Waals surface area contributed by atoms with Crippen LogP contribution in [-0.4, -0.2) is 27.6 Å². The second kappa shape index (κ2) is 7.38. The van der Waals surface area contributed by atoms with Crippen LogP contribution in [0.3, 0.4) is 0 Å². The molecule has 1 saturated heterocycles. The van der Waals surface area contributed by atoms with Crippen molar-refractivity contribution < 1.29 is 4.39 Å². The molecule has 0 aliphatic carbocycles. The number of hydrogen-bond donors (Lipinski definition) is 0. The van der Waals surface area contributed by atoms with Gasteiger partial charge in [0.15, 0.2) is 11.6 Å². The number of halogens is 2. The molecule has 4 rings (SSSR count). The van der Waals surface area contributed by atoms with Gasteiger partial charge in [0.25, 0.3) is 5.56 Å². The molecule has 1 aromatic carbocycles. The van der Waals surface area contributed by atoms with E-state index in [-0.39, 0.29) is 11.4 Å². The molecule has 0 saturated carbocycles. The number of piperidine rings is 1. The van der Waals surface area contributed by atoms with Crippen LogP contribution in [0.15, 0.2) is 45.8 Å². The lowest BCUT2D eigenvalue weighted by Gasteiger charge is -2.33. The van der Waals surface area contributed by atoms with Crippen molar-refractivity contribution in [2.75, 3.05) is 18.0 Å². The summed E-state index contributed by atoms with van der Waals surface area (Å²) in [7, 11) is 0. The fourth-order valence-electron chi connectivity index (χ4n) is 3.72. The molecule has 2 aromatic heterocycles. The van der Waals surface area contributed by atoms with Crippen LogP contribution in [-0.2, 0) is 6.54 Å². The van der Waals surface area contributed by atoms with Gasteiger partial charge in [0.1, 0.15) is 5.82 Å². The monoisotopic (exact) mass is 430 g/mol. The lowest BCUT2D eigenvalue weighted by Crippen LogP contribution is -2.37. The van der Waals surface area contributed by atoms with Gasteiger partial charge in [-0.1, -0.05) is 12.1 Å². The molecule has 0 atom stereocenters. The summed E-state index contributed by atoms with van der Waals surface area (Å²) in [5, 5.41) is 0.654. The molecule has 3 aromatic rings. The summed E-state index contributed by atoms with van der Waals surface area (Å²) in [4.78, 5) is 23.6. The first-order chi connectivity index (χ1) is 13.0. The molecule has 0 N–H and O–H groups in total. The van der Waals surface area contributed by atoms with Gasteiger partial charge in [-0.05, 0) is 59.8 Å². The Kier molecular flexibility index (Phi) is 4.95. The third-order valence-corrected chi connectivity index (χ3v) is 5.63. The molecule has 5 nitrogen and oxygen atoms in total. The quantitative estimate of drug-likeness (QED) is 0.631. The fourth-order valence-corrected chi connectivity index (χ4v) is 4.02. The number of hydrogen-bond acceptors (Lipinski definition) is 4. The highest BCUT2D eigenvalue weighted by Gasteiger charge is 2.23. The van der Waals surface area contributed by atoms with E-state index >= 15 is 0 Å². The second-order valence-electron chi connectivity index (χ2n) is 6.98. The zero-order valence-corrected chi connectivity index (χ0v) is 16.6. The maximum atomic E-state index is 14.1. The van der Waals surface area contributed by atoms with Crippen molar-refractivity contribution in [3.05, 3.63) is 63.0 Å². The summed E-state index contributed by atoms with van der Waals surface area (Å²) in [6.45, 7) is 3.98. The minimum Gasteiger partial charge on any atom is -0.354 e. The van der Waals surface area contributed by atoms with Crippen molar-refractivity contribution in [3.8, 4) is 0 Å². The van der Waals surface area contributed by atoms with Gasteiger partial charge in [0.2, 0.25) is 0 Å². The van der Waals surface area contributed by atoms with Crippen LogP contribution < -0.4 is 10.5 Å². The third-order valence-electron chi connectivity index (χ3n) is 5.20. The van der Waals surface area contributed by atoms with Crippen LogP contribution in [0.1, 0.15) is 18.7 Å². The zero-order valence-electron chi connectivity index (χ0n) is 15.0. The number of rotatable bonds is 3. The van der Waals surface area contributed by atoms with E-state index in [9.17, 15) is 9.18 Å². The molecule has 0 radical (unpaired) electrons. The van der Waals surface area contributed by atoms with Crippen LogP contribution in [0.25, 0.3) is 10.9 Å². The fraction of sp³-hybridized carbons (Fsp3) is 0.350. The SMILES string of the molecule is Cc1nc2ccccc2c(=O)n1CC1CCN(c2ncc(Br)cc2F)CC1. The summed E-state index contributed by atoms with van der Waals surface area (Å²) < 4.78 is 16.6. The molecule has 1 aliphatic rings. The molecular formula is C20H20BrFN4O. The summed E-state index contributed by atoms with van der Waals surface area (Å²) in [6.07, 6.45) is 3.39. The Morgan fingerprint density at radius 2 is 2.00 bits per heavy atom. The minimum absolute atomic E-state index is 0.0150. The van der Waals surface area contributed by atoms with E-state index in [2.05, 4.69) is 25.9 Å². The highest BCUT2D eigenvalue weighted by atomic mass is 79.9. The number of anilines is 1. The Balaban J connectivity index is 1.50. The van der Waals surface area contributed by atoms with E-state index in [0.29, 0.717) is 28.1 Å². The van der Waals surface area contributed by atoms with Crippen LogP contribution in [0.5, 0.6) is 0 Å². The maximum Gasteiger partial charge on any atom is 0.261 e. The molecule has 1 fully saturated rings. The van der Waals surface area contributed by atoms with E-state index in [0.717, 1.165) is 37.3 Å². The van der Waals surface area contributed by atoms with Crippen molar-refractivity contribution in [1.29, 1.82) is 0 Å². The van der Waals surface area contributed by atoms with E-state index in [4.69, 9.17) is 0 Å². The van der Waals surface area contributed by atoms with E-state index in [1.807, 2.05) is 36.1 Å². The van der Waals surface area contributed by atoms with Crippen molar-refractivity contribution in [1.82, 2.24) is 14.5 Å². The van der Waals surface area contributed by atoms with Gasteiger partial charge in [-0.15, -0.1) is 0 Å². The summed E-state index contributed by atoms with van der Waals surface area (Å²) in [5.74, 6) is 1.19. The molecule has 0 unspecified atom stereocenters. The predicted molar refractivity (Wildman–Crippen MR) is 108 cm³/mol. The number of aromatic nitrogens is 3. The molecular weight excluding hydrogens is 411 g/mol. The van der Waals surface area contributed by atoms with Crippen LogP contribution in [0, 0.1) is 18.7 Å². The van der Waals surface area contributed by atoms with Crippen molar-refractivity contribution >= 4 is 32.7 Å². The number of nitrogens with zero attached hydrogens (tertiary/aromatic N) is 4. The van der Waals surface area contributed by atoms with Gasteiger partial charge in [-0.2, -0.15) is 0 Å². The Bertz CT molecular complexity index is 1040. The van der Waals surface area contributed by atoms with E-state index in [1.54, 1.807) is 10.8 Å². The highest BCUT2D eigenvalue weighted by Crippen LogP contribution is 2.26. The Morgan fingerprint density at radius 3 is 2.74 bits per heavy atom. The number of aryl methyl sites for hydroxylation is 1. The molecule has 7 heteroatoms. The largest absolute Gasteiger partial charge is 0.354 e. The standard InChI is InChI=1S/C20H20BrFN4O/c1-13-24-18-5-3-2-4-16(18)20(27)26(13)12-14-6-8-25(9-7-14)19-17(22)10-15(21)11-23-19/h2-5,10-11,14H,6-9,12H2,1H3. The first-order valence-electron chi connectivity index (χ1n) is 9.05. The lowest BCUT2D eigenvalue weighted by molar-refractivity contribution is 0.346. The van der Waals surface area contributed by atoms with Crippen molar-refractivity contribution in [2.24, 2.45) is 5.92 Å². The Labute approximate surface area is 165 Å². The summed E-state index contributed by atoms with van der Waals surface area (Å²) in [6, 6.07) is 8.89. The molecule has 3 heterocycles. The maximum absolute atomic E-state index is 14.1. The topological polar surface area (TPSA) is 51.0 Å². The molecule has 140 valence electrons. The van der Waals surface area contributed by atoms with Crippen LogP contribution in [0.4, 0.5) is 10.2 Å². The van der Waals surface area contributed by atoms with Crippen molar-refractivity contribution in [2.45, 2.75) is 26.3 Å². The lowest BCUT2D eigenvalue weighted by atomic mass is 9.96. The Hall–Kier alpha value is -2.28. The van der Waals surface area contributed by atoms with Crippen LogP contribution in [0.2, 0.25) is 0 Å². The number of pyridine rings is 1. The van der Waals surface area contributed by atoms with Gasteiger partial charge in [0.05, 0.1) is 10.9 Å². The number of benzene rings is 1. The summed E-state index contributed by atoms with van der Waals surface area (Å²) in [5.41, 5.74) is 0.754. The van der Waals surface area contributed by atoms with Gasteiger partial charge in [0, 0.05) is 30.3 Å². The molecule has 27 heavy (non-hydrogen) atoms. The third kappa shape index (κ3) is 3.60. The minimum atomic E-state index is -0.311. The first kappa shape index (κ1) is 18.1. The normalized spacial score (nSPS) is 15.4. The average Bonchev–Trinajstić information content (AvgIpc) is 2.66. The van der Waals surface area contributed by atoms with Crippen LogP contribution >= 0.6 is 15.9 Å². The smallest absolute Gasteiger partial charge is 0.261 e. The van der Waals surface area contributed by atoms with E-state index < -0.39 is 0 Å².